The van der Waals surface area contributed by atoms with Gasteiger partial charge < -0.3 is 0 Å². The maximum atomic E-state index is 2.39. The second kappa shape index (κ2) is 8.45. The van der Waals surface area contributed by atoms with Crippen LogP contribution < -0.4 is 20.7 Å². The van der Waals surface area contributed by atoms with Crippen molar-refractivity contribution in [1.29, 1.82) is 0 Å². The van der Waals surface area contributed by atoms with Crippen LogP contribution in [0, 0.1) is 0 Å². The first-order valence-corrected chi connectivity index (χ1v) is 12.9. The molecule has 0 bridgehead atoms. The van der Waals surface area contributed by atoms with Gasteiger partial charge in [0, 0.05) is 0 Å². The highest BCUT2D eigenvalue weighted by molar-refractivity contribution is 7.19. The quantitative estimate of drug-likeness (QED) is 0.320. The number of rotatable bonds is 6. The maximum Gasteiger partial charge on any atom is 0.179 e. The van der Waals surface area contributed by atoms with E-state index in [1.807, 2.05) is 0 Å². The van der Waals surface area contributed by atoms with Crippen LogP contribution in [0.1, 0.15) is 32.8 Å². The van der Waals surface area contributed by atoms with E-state index in [9.17, 15) is 0 Å². The molecule has 4 aromatic rings. The molecule has 0 saturated carbocycles. The van der Waals surface area contributed by atoms with Crippen LogP contribution in [0.3, 0.4) is 0 Å². The Bertz CT molecular complexity index is 969. The summed E-state index contributed by atoms with van der Waals surface area (Å²) in [6.45, 7) is 6.93. The summed E-state index contributed by atoms with van der Waals surface area (Å²) in [5.41, 5.74) is 1.60. The van der Waals surface area contributed by atoms with E-state index in [0.29, 0.717) is 0 Å². The molecule has 0 aliphatic rings. The molecule has 150 valence electrons. The summed E-state index contributed by atoms with van der Waals surface area (Å²) in [4.78, 5) is 0. The second-order valence-electron chi connectivity index (χ2n) is 8.66. The fourth-order valence-electron chi connectivity index (χ4n) is 4.44. The molecule has 1 heteroatoms. The highest BCUT2D eigenvalue weighted by Crippen LogP contribution is 2.26. The first kappa shape index (κ1) is 20.4. The molecule has 0 amide bonds. The molecule has 4 rings (SSSR count). The molecule has 4 aromatic carbocycles. The van der Waals surface area contributed by atoms with Crippen molar-refractivity contribution in [3.05, 3.63) is 121 Å². The predicted molar refractivity (Wildman–Crippen MR) is 133 cm³/mol. The number of hydrogen-bond donors (Lipinski definition) is 0. The van der Waals surface area contributed by atoms with Crippen LogP contribution in [0.15, 0.2) is 115 Å². The van der Waals surface area contributed by atoms with E-state index in [1.165, 1.54) is 26.3 Å². The summed E-state index contributed by atoms with van der Waals surface area (Å²) < 4.78 is 0. The molecule has 30 heavy (non-hydrogen) atoms. The third-order valence-electron chi connectivity index (χ3n) is 6.60. The van der Waals surface area contributed by atoms with E-state index >= 15 is 0 Å². The average Bonchev–Trinajstić information content (AvgIpc) is 2.82. The molecular weight excluding hydrogens is 376 g/mol. The van der Waals surface area contributed by atoms with E-state index in [1.54, 1.807) is 0 Å². The van der Waals surface area contributed by atoms with Gasteiger partial charge in [-0.05, 0) is 38.1 Å². The van der Waals surface area contributed by atoms with Gasteiger partial charge in [-0.2, -0.15) is 0 Å². The average molecular weight is 407 g/mol. The lowest BCUT2D eigenvalue weighted by atomic mass is 9.82. The smallest absolute Gasteiger partial charge is 0.0646 e. The van der Waals surface area contributed by atoms with E-state index < -0.39 is 8.07 Å². The van der Waals surface area contributed by atoms with Gasteiger partial charge >= 0.3 is 0 Å². The Morgan fingerprint density at radius 2 is 0.833 bits per heavy atom. The fourth-order valence-corrected chi connectivity index (χ4v) is 9.18. The minimum Gasteiger partial charge on any atom is -0.0646 e. The van der Waals surface area contributed by atoms with Crippen molar-refractivity contribution in [3.63, 3.8) is 0 Å². The number of hydrogen-bond acceptors (Lipinski definition) is 0. The van der Waals surface area contributed by atoms with Crippen LogP contribution in [0.5, 0.6) is 0 Å². The van der Waals surface area contributed by atoms with Crippen LogP contribution in [0.2, 0.25) is 0 Å². The topological polar surface area (TPSA) is 0 Å². The lowest BCUT2D eigenvalue weighted by molar-refractivity contribution is 0.506. The Morgan fingerprint density at radius 1 is 0.500 bits per heavy atom. The van der Waals surface area contributed by atoms with E-state index in [2.05, 4.69) is 136 Å². The summed E-state index contributed by atoms with van der Waals surface area (Å²) in [5, 5.41) is 5.70. The van der Waals surface area contributed by atoms with Crippen LogP contribution in [-0.4, -0.2) is 8.07 Å². The second-order valence-corrected chi connectivity index (χ2v) is 12.5. The summed E-state index contributed by atoms with van der Waals surface area (Å²) in [6, 6.07) is 42.8. The Balaban J connectivity index is 2.03. The Morgan fingerprint density at radius 3 is 1.17 bits per heavy atom. The number of benzene rings is 4. The van der Waals surface area contributed by atoms with Crippen LogP contribution in [-0.2, 0) is 5.41 Å². The zero-order valence-corrected chi connectivity index (χ0v) is 19.2. The molecule has 0 unspecified atom stereocenters. The third kappa shape index (κ3) is 3.55. The monoisotopic (exact) mass is 406 g/mol. The molecule has 0 nitrogen and oxygen atoms in total. The summed E-state index contributed by atoms with van der Waals surface area (Å²) in [5.74, 6) is 0. The molecule has 0 N–H and O–H groups in total. The minimum absolute atomic E-state index is 0.189. The normalized spacial score (nSPS) is 12.0. The molecule has 0 atom stereocenters. The molecule has 0 heterocycles. The highest BCUT2D eigenvalue weighted by atomic mass is 28.3. The molecule has 0 radical (unpaired) electrons. The van der Waals surface area contributed by atoms with Gasteiger partial charge in [0.2, 0.25) is 0 Å². The Kier molecular flexibility index (Phi) is 5.74. The molecule has 0 spiro atoms. The van der Waals surface area contributed by atoms with Gasteiger partial charge in [0.1, 0.15) is 0 Å². The largest absolute Gasteiger partial charge is 0.179 e. The van der Waals surface area contributed by atoms with Gasteiger partial charge in [0.15, 0.2) is 8.07 Å². The SMILES string of the molecule is CCC(C)(C)c1ccc([Si](c2ccccc2)(c2ccccc2)c2ccccc2)cc1. The summed E-state index contributed by atoms with van der Waals surface area (Å²) in [7, 11) is -2.39. The van der Waals surface area contributed by atoms with Crippen molar-refractivity contribution in [2.24, 2.45) is 0 Å². The fraction of sp³-hybridized carbons (Fsp3) is 0.172. The van der Waals surface area contributed by atoms with Crippen molar-refractivity contribution in [2.75, 3.05) is 0 Å². The molecule has 0 aliphatic carbocycles. The van der Waals surface area contributed by atoms with Crippen molar-refractivity contribution in [1.82, 2.24) is 0 Å². The van der Waals surface area contributed by atoms with Crippen molar-refractivity contribution >= 4 is 28.8 Å². The van der Waals surface area contributed by atoms with E-state index in [0.717, 1.165) is 6.42 Å². The van der Waals surface area contributed by atoms with Gasteiger partial charge in [-0.25, -0.2) is 0 Å². The standard InChI is InChI=1S/C29H30Si/c1-4-29(2,3)24-20-22-28(23-21-24)30(25-14-8-5-9-15-25,26-16-10-6-11-17-26)27-18-12-7-13-19-27/h5-23H,4H2,1-3H3. The van der Waals surface area contributed by atoms with Gasteiger partial charge in [-0.3, -0.25) is 0 Å². The molecule has 0 aromatic heterocycles. The highest BCUT2D eigenvalue weighted by Gasteiger charge is 2.41. The molecule has 0 fully saturated rings. The zero-order chi connectivity index (χ0) is 21.0. The third-order valence-corrected chi connectivity index (χ3v) is 11.4. The van der Waals surface area contributed by atoms with Crippen LogP contribution >= 0.6 is 0 Å². The van der Waals surface area contributed by atoms with Crippen LogP contribution in [0.4, 0.5) is 0 Å². The van der Waals surface area contributed by atoms with E-state index in [4.69, 9.17) is 0 Å². The van der Waals surface area contributed by atoms with Gasteiger partial charge in [0.05, 0.1) is 0 Å². The summed E-state index contributed by atoms with van der Waals surface area (Å²) in [6.07, 6.45) is 1.13. The molecule has 0 aliphatic heterocycles. The minimum atomic E-state index is -2.39. The molecule has 0 saturated heterocycles. The first-order chi connectivity index (χ1) is 14.6. The lowest BCUT2D eigenvalue weighted by Gasteiger charge is -2.35. The molecular formula is C29H30Si. The van der Waals surface area contributed by atoms with Gasteiger partial charge in [-0.1, -0.05) is 136 Å². The van der Waals surface area contributed by atoms with Crippen molar-refractivity contribution in [3.8, 4) is 0 Å². The van der Waals surface area contributed by atoms with E-state index in [-0.39, 0.29) is 5.41 Å². The maximum absolute atomic E-state index is 2.39. The lowest BCUT2D eigenvalue weighted by Crippen LogP contribution is -2.74. The van der Waals surface area contributed by atoms with Gasteiger partial charge in [0.25, 0.3) is 0 Å². The zero-order valence-electron chi connectivity index (χ0n) is 18.2. The first-order valence-electron chi connectivity index (χ1n) is 10.9. The van der Waals surface area contributed by atoms with Gasteiger partial charge in [-0.15, -0.1) is 0 Å². The summed E-state index contributed by atoms with van der Waals surface area (Å²) >= 11 is 0. The van der Waals surface area contributed by atoms with Crippen molar-refractivity contribution in [2.45, 2.75) is 32.6 Å². The Hall–Kier alpha value is -2.90. The van der Waals surface area contributed by atoms with Crippen molar-refractivity contribution < 1.29 is 0 Å². The van der Waals surface area contributed by atoms with Crippen LogP contribution in [0.25, 0.3) is 0 Å². The Labute approximate surface area is 182 Å². The predicted octanol–water partition coefficient (Wildman–Crippen LogP) is 4.75.